The highest BCUT2D eigenvalue weighted by Crippen LogP contribution is 2.40. The Labute approximate surface area is 126 Å². The van der Waals surface area contributed by atoms with Gasteiger partial charge in [0.2, 0.25) is 10.0 Å². The first-order valence-electron chi connectivity index (χ1n) is 6.43. The molecule has 1 aromatic carbocycles. The van der Waals surface area contributed by atoms with Gasteiger partial charge in [-0.15, -0.1) is 11.8 Å². The number of sulfonamides is 1. The summed E-state index contributed by atoms with van der Waals surface area (Å²) in [5, 5.41) is -0.427. The summed E-state index contributed by atoms with van der Waals surface area (Å²) in [6.07, 6.45) is -5.77. The van der Waals surface area contributed by atoms with Crippen LogP contribution in [-0.4, -0.2) is 36.9 Å². The lowest BCUT2D eigenvalue weighted by Gasteiger charge is -2.24. The van der Waals surface area contributed by atoms with E-state index in [1.807, 2.05) is 31.2 Å². The first kappa shape index (κ1) is 16.6. The summed E-state index contributed by atoms with van der Waals surface area (Å²) in [5.74, 6) is -0.302. The molecule has 118 valence electrons. The van der Waals surface area contributed by atoms with Crippen molar-refractivity contribution in [2.45, 2.75) is 24.9 Å². The molecule has 8 heteroatoms. The summed E-state index contributed by atoms with van der Waals surface area (Å²) in [4.78, 5) is 0. The number of nitrogens with zero attached hydrogens (tertiary/aromatic N) is 1. The zero-order valence-corrected chi connectivity index (χ0v) is 13.1. The predicted octanol–water partition coefficient (Wildman–Crippen LogP) is 3.32. The van der Waals surface area contributed by atoms with Crippen molar-refractivity contribution in [1.29, 1.82) is 0 Å². The smallest absolute Gasteiger partial charge is 0.212 e. The molecule has 1 fully saturated rings. The molecule has 1 atom stereocenters. The maximum atomic E-state index is 12.2. The van der Waals surface area contributed by atoms with E-state index < -0.39 is 33.7 Å². The van der Waals surface area contributed by atoms with E-state index in [1.54, 1.807) is 0 Å². The van der Waals surface area contributed by atoms with E-state index in [-0.39, 0.29) is 6.54 Å². The van der Waals surface area contributed by atoms with Gasteiger partial charge in [0.1, 0.15) is 0 Å². The van der Waals surface area contributed by atoms with Crippen molar-refractivity contribution in [1.82, 2.24) is 4.31 Å². The zero-order valence-electron chi connectivity index (χ0n) is 11.4. The van der Waals surface area contributed by atoms with Gasteiger partial charge in [-0.25, -0.2) is 8.42 Å². The van der Waals surface area contributed by atoms with Gasteiger partial charge in [-0.1, -0.05) is 29.8 Å². The molecule has 1 unspecified atom stereocenters. The van der Waals surface area contributed by atoms with Gasteiger partial charge in [0.25, 0.3) is 0 Å². The molecule has 1 saturated heterocycles. The molecule has 0 radical (unpaired) electrons. The van der Waals surface area contributed by atoms with Crippen LogP contribution in [0.3, 0.4) is 0 Å². The van der Waals surface area contributed by atoms with Crippen LogP contribution in [0, 0.1) is 6.92 Å². The standard InChI is InChI=1S/C13H16F3NO2S2/c1-10-2-4-11(5-3-10)12-17(7-8-20-12)21(18,19)9-6-13(14,15)16/h2-5,12H,6-9H2,1H3. The highest BCUT2D eigenvalue weighted by molar-refractivity contribution is 8.00. The van der Waals surface area contributed by atoms with Crippen LogP contribution in [0.5, 0.6) is 0 Å². The normalized spacial score (nSPS) is 20.9. The van der Waals surface area contributed by atoms with Crippen LogP contribution in [0.25, 0.3) is 0 Å². The van der Waals surface area contributed by atoms with Crippen LogP contribution >= 0.6 is 11.8 Å². The van der Waals surface area contributed by atoms with E-state index in [1.165, 1.54) is 16.1 Å². The van der Waals surface area contributed by atoms with Crippen LogP contribution in [-0.2, 0) is 10.0 Å². The van der Waals surface area contributed by atoms with Crippen molar-refractivity contribution in [2.75, 3.05) is 18.1 Å². The third-order valence-corrected chi connectivity index (χ3v) is 6.43. The van der Waals surface area contributed by atoms with Gasteiger partial charge in [0.05, 0.1) is 17.5 Å². The Bertz CT molecular complexity index is 584. The zero-order chi connectivity index (χ0) is 15.7. The van der Waals surface area contributed by atoms with Crippen LogP contribution in [0.1, 0.15) is 22.9 Å². The molecule has 0 aromatic heterocycles. The Morgan fingerprint density at radius 1 is 1.29 bits per heavy atom. The van der Waals surface area contributed by atoms with E-state index in [0.29, 0.717) is 5.75 Å². The molecule has 0 spiro atoms. The molecule has 21 heavy (non-hydrogen) atoms. The number of aryl methyl sites for hydroxylation is 1. The summed E-state index contributed by atoms with van der Waals surface area (Å²) in [5.41, 5.74) is 1.85. The minimum absolute atomic E-state index is 0.253. The number of rotatable bonds is 4. The highest BCUT2D eigenvalue weighted by atomic mass is 32.2. The summed E-state index contributed by atoms with van der Waals surface area (Å²) in [7, 11) is -3.91. The van der Waals surface area contributed by atoms with Gasteiger partial charge in [0.15, 0.2) is 0 Å². The third-order valence-electron chi connectivity index (χ3n) is 3.21. The fraction of sp³-hybridized carbons (Fsp3) is 0.538. The largest absolute Gasteiger partial charge is 0.390 e. The number of halogens is 3. The molecule has 0 amide bonds. The van der Waals surface area contributed by atoms with E-state index in [9.17, 15) is 21.6 Å². The Hall–Kier alpha value is -0.730. The quantitative estimate of drug-likeness (QED) is 0.844. The average Bonchev–Trinajstić information content (AvgIpc) is 2.87. The van der Waals surface area contributed by atoms with Crippen molar-refractivity contribution < 1.29 is 21.6 Å². The van der Waals surface area contributed by atoms with Gasteiger partial charge >= 0.3 is 6.18 Å². The molecular formula is C13H16F3NO2S2. The highest BCUT2D eigenvalue weighted by Gasteiger charge is 2.38. The number of alkyl halides is 3. The first-order chi connectivity index (χ1) is 9.69. The SMILES string of the molecule is Cc1ccc(C2SCCN2S(=O)(=O)CCC(F)(F)F)cc1. The average molecular weight is 339 g/mol. The van der Waals surface area contributed by atoms with E-state index in [0.717, 1.165) is 11.1 Å². The Kier molecular flexibility index (Phi) is 4.89. The lowest BCUT2D eigenvalue weighted by atomic mass is 10.1. The molecule has 1 aromatic rings. The van der Waals surface area contributed by atoms with E-state index in [2.05, 4.69) is 0 Å². The predicted molar refractivity (Wildman–Crippen MR) is 77.5 cm³/mol. The number of hydrogen-bond acceptors (Lipinski definition) is 3. The minimum Gasteiger partial charge on any atom is -0.212 e. The molecule has 0 aliphatic carbocycles. The van der Waals surface area contributed by atoms with Crippen LogP contribution < -0.4 is 0 Å². The van der Waals surface area contributed by atoms with Gasteiger partial charge in [0, 0.05) is 12.3 Å². The van der Waals surface area contributed by atoms with Crippen LogP contribution in [0.2, 0.25) is 0 Å². The molecule has 0 saturated carbocycles. The van der Waals surface area contributed by atoms with Crippen molar-refractivity contribution in [3.63, 3.8) is 0 Å². The second kappa shape index (κ2) is 6.18. The third kappa shape index (κ3) is 4.37. The second-order valence-electron chi connectivity index (χ2n) is 4.93. The Morgan fingerprint density at radius 3 is 2.48 bits per heavy atom. The van der Waals surface area contributed by atoms with E-state index >= 15 is 0 Å². The maximum Gasteiger partial charge on any atom is 0.390 e. The summed E-state index contributed by atoms with van der Waals surface area (Å²) < 4.78 is 62.2. The van der Waals surface area contributed by atoms with Crippen molar-refractivity contribution in [3.05, 3.63) is 35.4 Å². The second-order valence-corrected chi connectivity index (χ2v) is 8.15. The monoisotopic (exact) mass is 339 g/mol. The Balaban J connectivity index is 2.16. The van der Waals surface area contributed by atoms with Gasteiger partial charge in [-0.05, 0) is 12.5 Å². The maximum absolute atomic E-state index is 12.2. The molecule has 1 aliphatic rings. The lowest BCUT2D eigenvalue weighted by molar-refractivity contribution is -0.130. The lowest BCUT2D eigenvalue weighted by Crippen LogP contribution is -2.34. The molecule has 2 rings (SSSR count). The number of thioether (sulfide) groups is 1. The molecule has 3 nitrogen and oxygen atoms in total. The Morgan fingerprint density at radius 2 is 1.90 bits per heavy atom. The summed E-state index contributed by atoms with van der Waals surface area (Å²) in [6, 6.07) is 7.39. The molecule has 0 N–H and O–H groups in total. The van der Waals surface area contributed by atoms with Gasteiger partial charge in [-0.2, -0.15) is 17.5 Å². The van der Waals surface area contributed by atoms with Crippen molar-refractivity contribution in [2.24, 2.45) is 0 Å². The molecule has 1 heterocycles. The molecule has 1 aliphatic heterocycles. The summed E-state index contributed by atoms with van der Waals surface area (Å²) >= 11 is 1.44. The van der Waals surface area contributed by atoms with Gasteiger partial charge < -0.3 is 0 Å². The van der Waals surface area contributed by atoms with Crippen molar-refractivity contribution in [3.8, 4) is 0 Å². The first-order valence-corrected chi connectivity index (χ1v) is 9.09. The fourth-order valence-corrected chi connectivity index (χ4v) is 5.44. The van der Waals surface area contributed by atoms with Crippen LogP contribution in [0.15, 0.2) is 24.3 Å². The molecular weight excluding hydrogens is 323 g/mol. The van der Waals surface area contributed by atoms with Crippen molar-refractivity contribution >= 4 is 21.8 Å². The summed E-state index contributed by atoms with van der Waals surface area (Å²) in [6.45, 7) is 2.17. The topological polar surface area (TPSA) is 37.4 Å². The number of benzene rings is 1. The van der Waals surface area contributed by atoms with Gasteiger partial charge in [-0.3, -0.25) is 0 Å². The molecule has 0 bridgehead atoms. The number of hydrogen-bond donors (Lipinski definition) is 0. The van der Waals surface area contributed by atoms with E-state index in [4.69, 9.17) is 0 Å². The fourth-order valence-electron chi connectivity index (χ4n) is 2.10. The van der Waals surface area contributed by atoms with Crippen LogP contribution in [0.4, 0.5) is 13.2 Å². The minimum atomic E-state index is -4.46.